The Morgan fingerprint density at radius 3 is 2.25 bits per heavy atom. The number of imide groups is 1. The number of halogens is 5. The van der Waals surface area contributed by atoms with Crippen LogP contribution in [0.2, 0.25) is 0 Å². The van der Waals surface area contributed by atoms with Gasteiger partial charge in [0.05, 0.1) is 23.0 Å². The highest BCUT2D eigenvalue weighted by Crippen LogP contribution is 2.33. The second-order valence-corrected chi connectivity index (χ2v) is 20.1. The number of rotatable bonds is 17. The van der Waals surface area contributed by atoms with Crippen LogP contribution in [0.15, 0.2) is 79.1 Å². The molecule has 17 nitrogen and oxygen atoms in total. The summed E-state index contributed by atoms with van der Waals surface area (Å²) in [6.45, 7) is 7.29. The standard InChI is InChI=1S/C50H54F5N9O8S/c1-3-60(2)73(70,71)59-40-15-14-39(51)44(45(40)52)46(67)38-30-64(72-49(69)50(53,54)55)47-37(38)27-35(28-56-47)33-8-6-31(7-9-33)29-62-23-25-63(26-24-62)43(66)5-4-20-61-21-18-34(19-22-61)32-10-12-36(13-11-32)57-41-16-17-42(65)58-48(41)68/h6-15,27-28,30,34,41,57,59H,3-5,16-26,29H2,1-2H3,(H,58,65,68). The van der Waals surface area contributed by atoms with Gasteiger partial charge in [0, 0.05) is 82.0 Å². The van der Waals surface area contributed by atoms with Crippen molar-refractivity contribution in [1.29, 1.82) is 0 Å². The number of hydrogen-bond acceptors (Lipinski definition) is 12. The van der Waals surface area contributed by atoms with Gasteiger partial charge < -0.3 is 20.0 Å². The molecule has 3 aliphatic rings. The zero-order valence-electron chi connectivity index (χ0n) is 40.0. The average Bonchev–Trinajstić information content (AvgIpc) is 3.73. The summed E-state index contributed by atoms with van der Waals surface area (Å²) in [4.78, 5) is 77.8. The fraction of sp³-hybridized carbons (Fsp3) is 0.400. The second kappa shape index (κ2) is 22.1. The van der Waals surface area contributed by atoms with E-state index >= 15 is 8.78 Å². The minimum atomic E-state index is -5.45. The van der Waals surface area contributed by atoms with Gasteiger partial charge in [0.2, 0.25) is 23.5 Å². The lowest BCUT2D eigenvalue weighted by Gasteiger charge is -2.35. The Kier molecular flexibility index (Phi) is 15.9. The first-order valence-electron chi connectivity index (χ1n) is 23.9. The molecule has 1 unspecified atom stereocenters. The van der Waals surface area contributed by atoms with Crippen molar-refractivity contribution in [3.63, 3.8) is 0 Å². The highest BCUT2D eigenvalue weighted by molar-refractivity contribution is 7.90. The van der Waals surface area contributed by atoms with Gasteiger partial charge in [-0.25, -0.2) is 18.6 Å². The molecular weight excluding hydrogens is 982 g/mol. The third-order valence-electron chi connectivity index (χ3n) is 13.5. The van der Waals surface area contributed by atoms with Gasteiger partial charge >= 0.3 is 22.4 Å². The van der Waals surface area contributed by atoms with E-state index in [2.05, 4.69) is 42.4 Å². The number of nitrogens with zero attached hydrogens (tertiary/aromatic N) is 6. The first-order valence-corrected chi connectivity index (χ1v) is 25.3. The Hall–Kier alpha value is -6.82. The minimum absolute atomic E-state index is 0.0136. The van der Waals surface area contributed by atoms with E-state index in [1.807, 2.05) is 33.9 Å². The van der Waals surface area contributed by atoms with Crippen LogP contribution in [0, 0.1) is 11.6 Å². The van der Waals surface area contributed by atoms with E-state index in [-0.39, 0.29) is 34.4 Å². The number of aromatic nitrogens is 2. The van der Waals surface area contributed by atoms with Crippen LogP contribution in [-0.4, -0.2) is 138 Å². The number of carbonyl (C=O) groups is 5. The molecule has 5 aromatic rings. The number of alkyl halides is 3. The van der Waals surface area contributed by atoms with Crippen molar-refractivity contribution in [2.45, 2.75) is 70.1 Å². The molecule has 3 aromatic carbocycles. The molecule has 8 rings (SSSR count). The van der Waals surface area contributed by atoms with E-state index < -0.39 is 68.3 Å². The number of amides is 3. The van der Waals surface area contributed by atoms with Gasteiger partial charge in [-0.05, 0) is 98.3 Å². The van der Waals surface area contributed by atoms with E-state index in [9.17, 15) is 45.6 Å². The summed E-state index contributed by atoms with van der Waals surface area (Å²) in [5, 5.41) is 5.36. The summed E-state index contributed by atoms with van der Waals surface area (Å²) < 4.78 is 99.3. The van der Waals surface area contributed by atoms with Gasteiger partial charge in [0.25, 0.3) is 0 Å². The lowest BCUT2D eigenvalue weighted by Crippen LogP contribution is -2.48. The van der Waals surface area contributed by atoms with Crippen LogP contribution in [0.25, 0.3) is 22.2 Å². The summed E-state index contributed by atoms with van der Waals surface area (Å²) in [5.74, 6) is -7.04. The SMILES string of the molecule is CCN(C)S(=O)(=O)Nc1ccc(F)c(C(=O)c2cn(OC(=O)C(F)(F)F)c3ncc(-c4ccc(CN5CCN(C(=O)CCCN6CCC(c7ccc(NC8CCC(=O)NC8=O)cc7)CC6)CC5)cc4)cc23)c1F. The minimum Gasteiger partial charge on any atom is -0.374 e. The Morgan fingerprint density at radius 2 is 1.59 bits per heavy atom. The summed E-state index contributed by atoms with van der Waals surface area (Å²) >= 11 is 0. The van der Waals surface area contributed by atoms with Gasteiger partial charge in [-0.2, -0.15) is 30.6 Å². The smallest absolute Gasteiger partial charge is 0.374 e. The van der Waals surface area contributed by atoms with Gasteiger partial charge in [0.1, 0.15) is 11.9 Å². The molecular formula is C50H54F5N9O8S. The molecule has 0 radical (unpaired) electrons. The maximum Gasteiger partial charge on any atom is 0.493 e. The fourth-order valence-corrected chi connectivity index (χ4v) is 10.1. The molecule has 3 N–H and O–H groups in total. The third-order valence-corrected chi connectivity index (χ3v) is 15.1. The number of piperazine rings is 1. The number of hydrogen-bond donors (Lipinski definition) is 3. The molecule has 3 amide bonds. The van der Waals surface area contributed by atoms with E-state index in [1.165, 1.54) is 31.8 Å². The van der Waals surface area contributed by atoms with Crippen LogP contribution in [0.4, 0.5) is 33.3 Å². The summed E-state index contributed by atoms with van der Waals surface area (Å²) in [7, 11) is -3.13. The number of anilines is 2. The van der Waals surface area contributed by atoms with Gasteiger partial charge in [-0.3, -0.25) is 34.1 Å². The van der Waals surface area contributed by atoms with E-state index in [1.54, 1.807) is 12.1 Å². The van der Waals surface area contributed by atoms with Crippen molar-refractivity contribution in [1.82, 2.24) is 34.0 Å². The largest absolute Gasteiger partial charge is 0.493 e. The van der Waals surface area contributed by atoms with E-state index in [4.69, 9.17) is 0 Å². The first kappa shape index (κ1) is 52.5. The van der Waals surface area contributed by atoms with Crippen molar-refractivity contribution in [2.24, 2.45) is 0 Å². The molecule has 5 heterocycles. The fourth-order valence-electron chi connectivity index (χ4n) is 9.19. The number of nitrogens with one attached hydrogen (secondary N) is 3. The number of fused-ring (bicyclic) bond motifs is 1. The number of ketones is 1. The predicted molar refractivity (Wildman–Crippen MR) is 259 cm³/mol. The molecule has 2 aromatic heterocycles. The zero-order chi connectivity index (χ0) is 52.2. The Bertz CT molecular complexity index is 2990. The van der Waals surface area contributed by atoms with Crippen LogP contribution in [0.5, 0.6) is 0 Å². The van der Waals surface area contributed by atoms with Crippen molar-refractivity contribution >= 4 is 62.1 Å². The van der Waals surface area contributed by atoms with E-state index in [0.717, 1.165) is 60.5 Å². The number of carbonyl (C=O) groups excluding carboxylic acids is 5. The molecule has 0 aliphatic carbocycles. The molecule has 3 saturated heterocycles. The van der Waals surface area contributed by atoms with Crippen molar-refractivity contribution in [2.75, 3.05) is 69.4 Å². The quantitative estimate of drug-likeness (QED) is 0.0572. The normalized spacial score (nSPS) is 17.5. The predicted octanol–water partition coefficient (Wildman–Crippen LogP) is 5.86. The highest BCUT2D eigenvalue weighted by Gasteiger charge is 2.42. The summed E-state index contributed by atoms with van der Waals surface area (Å²) in [6.07, 6.45) is 0.493. The van der Waals surface area contributed by atoms with Crippen LogP contribution >= 0.6 is 0 Å². The zero-order valence-corrected chi connectivity index (χ0v) is 40.8. The number of benzene rings is 3. The molecule has 23 heteroatoms. The van der Waals surface area contributed by atoms with Gasteiger partial charge in [0.15, 0.2) is 11.5 Å². The Balaban J connectivity index is 0.837. The van der Waals surface area contributed by atoms with Crippen LogP contribution < -0.4 is 20.2 Å². The third kappa shape index (κ3) is 12.3. The van der Waals surface area contributed by atoms with Crippen molar-refractivity contribution in [3.8, 4) is 11.1 Å². The van der Waals surface area contributed by atoms with Gasteiger partial charge in [-0.15, -0.1) is 0 Å². The van der Waals surface area contributed by atoms with Crippen molar-refractivity contribution < 1.29 is 59.2 Å². The number of likely N-dealkylation sites (tertiary alicyclic amines) is 1. The molecule has 3 aliphatic heterocycles. The highest BCUT2D eigenvalue weighted by atomic mass is 32.2. The molecule has 0 spiro atoms. The maximum absolute atomic E-state index is 15.9. The van der Waals surface area contributed by atoms with Crippen LogP contribution in [0.1, 0.15) is 78.4 Å². The Morgan fingerprint density at radius 1 is 0.890 bits per heavy atom. The summed E-state index contributed by atoms with van der Waals surface area (Å²) in [5.41, 5.74) is 0.880. The second-order valence-electron chi connectivity index (χ2n) is 18.3. The molecule has 388 valence electrons. The lowest BCUT2D eigenvalue weighted by atomic mass is 9.89. The lowest BCUT2D eigenvalue weighted by molar-refractivity contribution is -0.199. The topological polar surface area (TPSA) is 196 Å². The summed E-state index contributed by atoms with van der Waals surface area (Å²) in [6, 6.07) is 17.7. The van der Waals surface area contributed by atoms with Crippen LogP contribution in [0.3, 0.4) is 0 Å². The maximum atomic E-state index is 15.9. The number of piperidine rings is 2. The molecule has 1 atom stereocenters. The average molecular weight is 1040 g/mol. The Labute approximate surface area is 417 Å². The molecule has 0 saturated carbocycles. The van der Waals surface area contributed by atoms with Crippen LogP contribution in [-0.2, 0) is 35.9 Å². The van der Waals surface area contributed by atoms with E-state index in [0.29, 0.717) is 81.3 Å². The molecule has 0 bridgehead atoms. The molecule has 73 heavy (non-hydrogen) atoms. The molecule has 3 fully saturated rings. The van der Waals surface area contributed by atoms with Gasteiger partial charge in [-0.1, -0.05) is 43.3 Å². The van der Waals surface area contributed by atoms with Crippen molar-refractivity contribution in [3.05, 3.63) is 113 Å². The number of pyridine rings is 1. The monoisotopic (exact) mass is 1040 g/mol. The first-order chi connectivity index (χ1) is 34.8.